The third-order valence-corrected chi connectivity index (χ3v) is 3.96. The first kappa shape index (κ1) is 13.9. The second kappa shape index (κ2) is 6.13. The molecule has 2 aromatic carbocycles. The van der Waals surface area contributed by atoms with E-state index in [1.807, 2.05) is 19.1 Å². The number of aryl methyl sites for hydroxylation is 4. The average Bonchev–Trinajstić information content (AvgIpc) is 2.51. The van der Waals surface area contributed by atoms with E-state index in [2.05, 4.69) is 30.3 Å². The molecule has 0 N–H and O–H groups in total. The summed E-state index contributed by atoms with van der Waals surface area (Å²) < 4.78 is 5.14. The van der Waals surface area contributed by atoms with Crippen molar-refractivity contribution in [3.63, 3.8) is 0 Å². The summed E-state index contributed by atoms with van der Waals surface area (Å²) in [7, 11) is 0. The van der Waals surface area contributed by atoms with Crippen LogP contribution in [0.15, 0.2) is 42.5 Å². The SMILES string of the molecule is CCOC(=O)c1cc2cc(c1)CCc1cccc(c1)CC2. The Morgan fingerprint density at radius 2 is 1.43 bits per heavy atom. The van der Waals surface area contributed by atoms with Crippen LogP contribution in [0.25, 0.3) is 0 Å². The Morgan fingerprint density at radius 3 is 2.00 bits per heavy atom. The van der Waals surface area contributed by atoms with Gasteiger partial charge in [-0.3, -0.25) is 0 Å². The number of carbonyl (C=O) groups is 1. The highest BCUT2D eigenvalue weighted by Gasteiger charge is 2.11. The molecule has 0 radical (unpaired) electrons. The quantitative estimate of drug-likeness (QED) is 0.783. The fraction of sp³-hybridized carbons (Fsp3) is 0.316. The van der Waals surface area contributed by atoms with Crippen LogP contribution in [0.2, 0.25) is 0 Å². The minimum Gasteiger partial charge on any atom is -0.462 e. The predicted octanol–water partition coefficient (Wildman–Crippen LogP) is 3.75. The van der Waals surface area contributed by atoms with Gasteiger partial charge in [-0.05, 0) is 67.0 Å². The highest BCUT2D eigenvalue weighted by Crippen LogP contribution is 2.19. The van der Waals surface area contributed by atoms with Gasteiger partial charge in [-0.1, -0.05) is 30.3 Å². The zero-order chi connectivity index (χ0) is 14.7. The number of hydrogen-bond acceptors (Lipinski definition) is 2. The number of rotatable bonds is 2. The molecule has 4 bridgehead atoms. The molecule has 1 aliphatic carbocycles. The molecule has 2 heteroatoms. The molecule has 21 heavy (non-hydrogen) atoms. The molecule has 0 saturated carbocycles. The lowest BCUT2D eigenvalue weighted by molar-refractivity contribution is 0.0526. The number of carbonyl (C=O) groups excluding carboxylic acids is 1. The van der Waals surface area contributed by atoms with Crippen molar-refractivity contribution in [2.24, 2.45) is 0 Å². The maximum absolute atomic E-state index is 12.0. The average molecular weight is 280 g/mol. The molecule has 108 valence electrons. The first-order valence-corrected chi connectivity index (χ1v) is 7.62. The molecular formula is C19H20O2. The Labute approximate surface area is 125 Å². The molecule has 0 amide bonds. The summed E-state index contributed by atoms with van der Waals surface area (Å²) >= 11 is 0. The molecular weight excluding hydrogens is 260 g/mol. The molecule has 0 spiro atoms. The Balaban J connectivity index is 1.92. The van der Waals surface area contributed by atoms with E-state index < -0.39 is 0 Å². The smallest absolute Gasteiger partial charge is 0.338 e. The van der Waals surface area contributed by atoms with Crippen LogP contribution < -0.4 is 0 Å². The van der Waals surface area contributed by atoms with Gasteiger partial charge in [-0.15, -0.1) is 0 Å². The summed E-state index contributed by atoms with van der Waals surface area (Å²) in [6.07, 6.45) is 3.95. The molecule has 0 heterocycles. The molecule has 2 nitrogen and oxygen atoms in total. The van der Waals surface area contributed by atoms with Gasteiger partial charge >= 0.3 is 5.97 Å². The monoisotopic (exact) mass is 280 g/mol. The van der Waals surface area contributed by atoms with Crippen LogP contribution in [0.3, 0.4) is 0 Å². The summed E-state index contributed by atoms with van der Waals surface area (Å²) in [5, 5.41) is 0. The Kier molecular flexibility index (Phi) is 4.05. The molecule has 0 aliphatic heterocycles. The summed E-state index contributed by atoms with van der Waals surface area (Å²) in [4.78, 5) is 12.0. The first-order valence-electron chi connectivity index (χ1n) is 7.62. The maximum Gasteiger partial charge on any atom is 0.338 e. The molecule has 3 rings (SSSR count). The topological polar surface area (TPSA) is 26.3 Å². The van der Waals surface area contributed by atoms with Gasteiger partial charge in [-0.2, -0.15) is 0 Å². The minimum atomic E-state index is -0.212. The largest absolute Gasteiger partial charge is 0.462 e. The van der Waals surface area contributed by atoms with E-state index in [0.717, 1.165) is 25.7 Å². The summed E-state index contributed by atoms with van der Waals surface area (Å²) in [5.74, 6) is -0.212. The lowest BCUT2D eigenvalue weighted by atomic mass is 9.93. The molecule has 0 saturated heterocycles. The van der Waals surface area contributed by atoms with Gasteiger partial charge in [-0.25, -0.2) is 4.79 Å². The number of esters is 1. The zero-order valence-electron chi connectivity index (χ0n) is 12.4. The van der Waals surface area contributed by atoms with E-state index in [4.69, 9.17) is 4.74 Å². The van der Waals surface area contributed by atoms with E-state index in [1.165, 1.54) is 22.3 Å². The van der Waals surface area contributed by atoms with E-state index in [9.17, 15) is 4.79 Å². The highest BCUT2D eigenvalue weighted by molar-refractivity contribution is 5.89. The molecule has 0 fully saturated rings. The van der Waals surface area contributed by atoms with Crippen molar-refractivity contribution in [1.82, 2.24) is 0 Å². The van der Waals surface area contributed by atoms with Crippen molar-refractivity contribution in [2.75, 3.05) is 6.61 Å². The van der Waals surface area contributed by atoms with Crippen LogP contribution in [0.4, 0.5) is 0 Å². The van der Waals surface area contributed by atoms with Crippen molar-refractivity contribution in [2.45, 2.75) is 32.6 Å². The number of benzene rings is 2. The number of ether oxygens (including phenoxy) is 1. The van der Waals surface area contributed by atoms with E-state index >= 15 is 0 Å². The van der Waals surface area contributed by atoms with Crippen molar-refractivity contribution in [1.29, 1.82) is 0 Å². The first-order chi connectivity index (χ1) is 10.2. The van der Waals surface area contributed by atoms with Crippen molar-refractivity contribution < 1.29 is 9.53 Å². The van der Waals surface area contributed by atoms with Crippen molar-refractivity contribution >= 4 is 5.97 Å². The van der Waals surface area contributed by atoms with Gasteiger partial charge < -0.3 is 4.74 Å². The number of hydrogen-bond donors (Lipinski definition) is 0. The van der Waals surface area contributed by atoms with Crippen LogP contribution in [-0.4, -0.2) is 12.6 Å². The second-order valence-electron chi connectivity index (χ2n) is 5.58. The van der Waals surface area contributed by atoms with Crippen LogP contribution >= 0.6 is 0 Å². The zero-order valence-corrected chi connectivity index (χ0v) is 12.4. The Morgan fingerprint density at radius 1 is 0.905 bits per heavy atom. The van der Waals surface area contributed by atoms with Crippen molar-refractivity contribution in [3.05, 3.63) is 70.3 Å². The predicted molar refractivity (Wildman–Crippen MR) is 83.7 cm³/mol. The second-order valence-corrected chi connectivity index (χ2v) is 5.58. The fourth-order valence-corrected chi connectivity index (χ4v) is 2.90. The highest BCUT2D eigenvalue weighted by atomic mass is 16.5. The van der Waals surface area contributed by atoms with Crippen molar-refractivity contribution in [3.8, 4) is 0 Å². The molecule has 2 aromatic rings. The van der Waals surface area contributed by atoms with Crippen LogP contribution in [0.1, 0.15) is 39.5 Å². The third kappa shape index (κ3) is 3.33. The normalized spacial score (nSPS) is 13.6. The van der Waals surface area contributed by atoms with Gasteiger partial charge in [0.25, 0.3) is 0 Å². The maximum atomic E-state index is 12.0. The molecule has 0 atom stereocenters. The molecule has 0 unspecified atom stereocenters. The lowest BCUT2D eigenvalue weighted by Crippen LogP contribution is -2.08. The fourth-order valence-electron chi connectivity index (χ4n) is 2.90. The summed E-state index contributed by atoms with van der Waals surface area (Å²) in [6.45, 7) is 2.26. The molecule has 1 aliphatic rings. The minimum absolute atomic E-state index is 0.212. The van der Waals surface area contributed by atoms with Gasteiger partial charge in [0, 0.05) is 0 Å². The van der Waals surface area contributed by atoms with E-state index in [0.29, 0.717) is 12.2 Å². The standard InChI is InChI=1S/C19H20O2/c1-2-21-19(20)18-12-16-8-6-14-4-3-5-15(10-14)7-9-17(11-16)13-18/h3-5,10-13H,2,6-9H2,1H3. The summed E-state index contributed by atoms with van der Waals surface area (Å²) in [5.41, 5.74) is 5.88. The van der Waals surface area contributed by atoms with Crippen LogP contribution in [-0.2, 0) is 30.4 Å². The summed E-state index contributed by atoms with van der Waals surface area (Å²) in [6, 6.07) is 15.0. The van der Waals surface area contributed by atoms with E-state index in [1.54, 1.807) is 0 Å². The lowest BCUT2D eigenvalue weighted by Gasteiger charge is -2.13. The third-order valence-electron chi connectivity index (χ3n) is 3.96. The van der Waals surface area contributed by atoms with Gasteiger partial charge in [0.05, 0.1) is 12.2 Å². The van der Waals surface area contributed by atoms with E-state index in [-0.39, 0.29) is 5.97 Å². The Hall–Kier alpha value is -2.09. The van der Waals surface area contributed by atoms with Gasteiger partial charge in [0.15, 0.2) is 0 Å². The number of fused-ring (bicyclic) bond motifs is 4. The van der Waals surface area contributed by atoms with Crippen LogP contribution in [0.5, 0.6) is 0 Å². The Bertz CT molecular complexity index is 617. The molecule has 0 aromatic heterocycles. The van der Waals surface area contributed by atoms with Gasteiger partial charge in [0.2, 0.25) is 0 Å². The van der Waals surface area contributed by atoms with Crippen LogP contribution in [0, 0.1) is 0 Å². The van der Waals surface area contributed by atoms with Gasteiger partial charge in [0.1, 0.15) is 0 Å².